The van der Waals surface area contributed by atoms with E-state index in [1.54, 1.807) is 6.08 Å². The lowest BCUT2D eigenvalue weighted by Gasteiger charge is -2.44. The van der Waals surface area contributed by atoms with Gasteiger partial charge in [-0.05, 0) is 60.9 Å². The molecule has 2 aliphatic heterocycles. The summed E-state index contributed by atoms with van der Waals surface area (Å²) in [4.78, 5) is 42.1. The molecule has 3 fully saturated rings. The number of thiophene rings is 1. The van der Waals surface area contributed by atoms with Gasteiger partial charge in [0.15, 0.2) is 0 Å². The molecule has 26 heavy (non-hydrogen) atoms. The topological polar surface area (TPSA) is 57.7 Å². The van der Waals surface area contributed by atoms with Crippen LogP contribution in [0.5, 0.6) is 0 Å². The van der Waals surface area contributed by atoms with Crippen LogP contribution in [0.15, 0.2) is 22.4 Å². The van der Waals surface area contributed by atoms with Crippen LogP contribution in [0.3, 0.4) is 0 Å². The van der Waals surface area contributed by atoms with Gasteiger partial charge in [-0.15, -0.1) is 11.3 Å². The van der Waals surface area contributed by atoms with Gasteiger partial charge in [-0.25, -0.2) is 0 Å². The lowest BCUT2D eigenvalue weighted by Crippen LogP contribution is -2.52. The van der Waals surface area contributed by atoms with Crippen LogP contribution in [0.4, 0.5) is 4.79 Å². The lowest BCUT2D eigenvalue weighted by atomic mass is 9.78. The summed E-state index contributed by atoms with van der Waals surface area (Å²) in [5.41, 5.74) is 0. The highest BCUT2D eigenvalue weighted by atomic mass is 32.2. The molecule has 1 aromatic heterocycles. The Bertz CT molecular complexity index is 742. The molecule has 4 rings (SSSR count). The van der Waals surface area contributed by atoms with E-state index in [1.165, 1.54) is 30.6 Å². The molecule has 138 valence electrons. The maximum atomic E-state index is 12.9. The van der Waals surface area contributed by atoms with Crippen molar-refractivity contribution in [3.8, 4) is 0 Å². The number of hydrogen-bond acceptors (Lipinski definition) is 5. The van der Waals surface area contributed by atoms with E-state index in [2.05, 4.69) is 0 Å². The molecule has 1 saturated carbocycles. The first kappa shape index (κ1) is 17.8. The highest BCUT2D eigenvalue weighted by Crippen LogP contribution is 2.36. The number of nitrogens with zero attached hydrogens (tertiary/aromatic N) is 2. The molecule has 0 N–H and O–H groups in total. The maximum Gasteiger partial charge on any atom is 0.294 e. The van der Waals surface area contributed by atoms with Gasteiger partial charge in [-0.2, -0.15) is 0 Å². The first-order valence-corrected chi connectivity index (χ1v) is 10.9. The number of carbonyl (C=O) groups excluding carboxylic acids is 3. The van der Waals surface area contributed by atoms with E-state index in [0.717, 1.165) is 47.3 Å². The molecule has 3 aliphatic rings. The van der Waals surface area contributed by atoms with Gasteiger partial charge in [-0.3, -0.25) is 19.3 Å². The Morgan fingerprint density at radius 1 is 1.19 bits per heavy atom. The lowest BCUT2D eigenvalue weighted by molar-refractivity contribution is -0.140. The van der Waals surface area contributed by atoms with Gasteiger partial charge in [0.1, 0.15) is 6.54 Å². The molecule has 0 spiro atoms. The fourth-order valence-electron chi connectivity index (χ4n) is 4.30. The second-order valence-corrected chi connectivity index (χ2v) is 9.10. The zero-order chi connectivity index (χ0) is 18.1. The van der Waals surface area contributed by atoms with Crippen LogP contribution in [0, 0.1) is 5.92 Å². The highest BCUT2D eigenvalue weighted by Gasteiger charge is 2.40. The number of rotatable bonds is 3. The number of imide groups is 1. The van der Waals surface area contributed by atoms with Gasteiger partial charge in [0.05, 0.1) is 4.91 Å². The van der Waals surface area contributed by atoms with Crippen molar-refractivity contribution in [1.29, 1.82) is 0 Å². The quantitative estimate of drug-likeness (QED) is 0.733. The number of hydrogen-bond donors (Lipinski definition) is 0. The predicted molar refractivity (Wildman–Crippen MR) is 104 cm³/mol. The van der Waals surface area contributed by atoms with Crippen molar-refractivity contribution in [3.63, 3.8) is 0 Å². The molecule has 3 amide bonds. The van der Waals surface area contributed by atoms with Crippen molar-refractivity contribution >= 4 is 46.2 Å². The van der Waals surface area contributed by atoms with Crippen LogP contribution < -0.4 is 0 Å². The van der Waals surface area contributed by atoms with Crippen molar-refractivity contribution in [2.75, 3.05) is 13.1 Å². The smallest absolute Gasteiger partial charge is 0.294 e. The largest absolute Gasteiger partial charge is 0.338 e. The molecule has 2 saturated heterocycles. The molecule has 0 radical (unpaired) electrons. The van der Waals surface area contributed by atoms with Crippen molar-refractivity contribution < 1.29 is 14.4 Å². The first-order chi connectivity index (χ1) is 12.6. The second-order valence-electron chi connectivity index (χ2n) is 7.12. The summed E-state index contributed by atoms with van der Waals surface area (Å²) >= 11 is 2.44. The SMILES string of the molecule is O=C1S/C(=C\c2cccs2)C(=O)N1CC(=O)N1CCCC2CCCCC21. The number of carbonyl (C=O) groups is 3. The molecule has 0 aromatic carbocycles. The normalized spacial score (nSPS) is 27.9. The molecule has 7 heteroatoms. The third-order valence-corrected chi connectivity index (χ3v) is 7.27. The van der Waals surface area contributed by atoms with Gasteiger partial charge in [0.2, 0.25) is 5.91 Å². The Kier molecular flexibility index (Phi) is 5.18. The number of amides is 3. The average Bonchev–Trinajstić information content (AvgIpc) is 3.25. The van der Waals surface area contributed by atoms with E-state index in [1.807, 2.05) is 22.4 Å². The molecule has 1 aromatic rings. The Balaban J connectivity index is 1.45. The van der Waals surface area contributed by atoms with Crippen molar-refractivity contribution in [2.45, 2.75) is 44.6 Å². The van der Waals surface area contributed by atoms with Gasteiger partial charge >= 0.3 is 0 Å². The van der Waals surface area contributed by atoms with Crippen LogP contribution >= 0.6 is 23.1 Å². The summed E-state index contributed by atoms with van der Waals surface area (Å²) in [6.45, 7) is 0.622. The fourth-order valence-corrected chi connectivity index (χ4v) is 5.86. The summed E-state index contributed by atoms with van der Waals surface area (Å²) in [5, 5.41) is 1.58. The summed E-state index contributed by atoms with van der Waals surface area (Å²) < 4.78 is 0. The number of fused-ring (bicyclic) bond motifs is 1. The van der Waals surface area contributed by atoms with Gasteiger partial charge in [-0.1, -0.05) is 18.9 Å². The van der Waals surface area contributed by atoms with E-state index >= 15 is 0 Å². The molecule has 1 aliphatic carbocycles. The van der Waals surface area contributed by atoms with Crippen LogP contribution in [0.2, 0.25) is 0 Å². The zero-order valence-corrected chi connectivity index (χ0v) is 16.2. The van der Waals surface area contributed by atoms with E-state index in [0.29, 0.717) is 16.9 Å². The van der Waals surface area contributed by atoms with E-state index in [9.17, 15) is 14.4 Å². The monoisotopic (exact) mass is 390 g/mol. The third kappa shape index (κ3) is 3.47. The Hall–Kier alpha value is -1.60. The summed E-state index contributed by atoms with van der Waals surface area (Å²) in [5.74, 6) is 0.162. The second kappa shape index (κ2) is 7.56. The van der Waals surface area contributed by atoms with Crippen molar-refractivity contribution in [2.24, 2.45) is 5.92 Å². The minimum absolute atomic E-state index is 0.0822. The molecule has 2 atom stereocenters. The molecule has 3 heterocycles. The molecular formula is C19H22N2O3S2. The first-order valence-electron chi connectivity index (χ1n) is 9.22. The standard InChI is InChI=1S/C19H22N2O3S2/c22-17(20-9-3-6-13-5-1-2-8-15(13)20)12-21-18(23)16(26-19(21)24)11-14-7-4-10-25-14/h4,7,10-11,13,15H,1-3,5-6,8-9,12H2/b16-11-. The molecule has 5 nitrogen and oxygen atoms in total. The fraction of sp³-hybridized carbons (Fsp3) is 0.526. The van der Waals surface area contributed by atoms with Crippen LogP contribution in [-0.2, 0) is 9.59 Å². The van der Waals surface area contributed by atoms with Gasteiger partial charge in [0.25, 0.3) is 11.1 Å². The summed E-state index contributed by atoms with van der Waals surface area (Å²) in [6, 6.07) is 4.11. The summed E-state index contributed by atoms with van der Waals surface area (Å²) in [6.07, 6.45) is 8.61. The highest BCUT2D eigenvalue weighted by molar-refractivity contribution is 8.18. The van der Waals surface area contributed by atoms with Crippen molar-refractivity contribution in [3.05, 3.63) is 27.3 Å². The van der Waals surface area contributed by atoms with E-state index in [4.69, 9.17) is 0 Å². The average molecular weight is 391 g/mol. The number of thioether (sulfide) groups is 1. The zero-order valence-electron chi connectivity index (χ0n) is 14.6. The predicted octanol–water partition coefficient (Wildman–Crippen LogP) is 3.97. The maximum absolute atomic E-state index is 12.9. The Labute approximate surface area is 161 Å². The van der Waals surface area contributed by atoms with E-state index in [-0.39, 0.29) is 23.6 Å². The molecular weight excluding hydrogens is 368 g/mol. The van der Waals surface area contributed by atoms with Gasteiger partial charge in [0, 0.05) is 17.5 Å². The minimum atomic E-state index is -0.348. The van der Waals surface area contributed by atoms with Crippen LogP contribution in [0.25, 0.3) is 6.08 Å². The van der Waals surface area contributed by atoms with Crippen LogP contribution in [0.1, 0.15) is 43.4 Å². The van der Waals surface area contributed by atoms with Crippen LogP contribution in [-0.4, -0.2) is 46.0 Å². The summed E-state index contributed by atoms with van der Waals surface area (Å²) in [7, 11) is 0. The van der Waals surface area contributed by atoms with E-state index < -0.39 is 0 Å². The Morgan fingerprint density at radius 2 is 2.00 bits per heavy atom. The number of piperidine rings is 1. The third-order valence-electron chi connectivity index (χ3n) is 5.55. The van der Waals surface area contributed by atoms with Gasteiger partial charge < -0.3 is 4.90 Å². The molecule has 2 unspecified atom stereocenters. The van der Waals surface area contributed by atoms with Crippen molar-refractivity contribution in [1.82, 2.24) is 9.80 Å². The number of likely N-dealkylation sites (tertiary alicyclic amines) is 1. The molecule has 0 bridgehead atoms. The Morgan fingerprint density at radius 3 is 2.81 bits per heavy atom. The minimum Gasteiger partial charge on any atom is -0.338 e.